The average molecular weight is 746 g/mol. The number of nitrogens with one attached hydrogen (secondary N) is 2. The van der Waals surface area contributed by atoms with Crippen LogP contribution in [-0.2, 0) is 14.4 Å². The standard InChI is InChI=1S/C44H47N3O8/c48-32-12-8-28(9-13-32)39(40-30-21-26-20-27(23-30)24-31(40)22-26)29-10-14-33(15-11-29)54-19-4-2-1-3-18-45-38(50)25-55-36-7-5-6-34-41(36)44(53)47(43(34)52)35-16-17-37(49)46-42(35)51/h5-15,26-27,30-31,35,48H,1-4,16-25H2,(H,45,50)(H,46,49,51). The molecule has 4 saturated carbocycles. The summed E-state index contributed by atoms with van der Waals surface area (Å²) in [5.74, 6) is 1.51. The number of allylic oxidation sites excluding steroid dienone is 1. The molecule has 1 atom stereocenters. The zero-order chi connectivity index (χ0) is 38.1. The van der Waals surface area contributed by atoms with Gasteiger partial charge >= 0.3 is 0 Å². The molecule has 1 unspecified atom stereocenters. The number of ether oxygens (including phenoxy) is 2. The van der Waals surface area contributed by atoms with Gasteiger partial charge in [0.15, 0.2) is 6.61 Å². The van der Waals surface area contributed by atoms with Crippen molar-refractivity contribution in [3.8, 4) is 17.2 Å². The topological polar surface area (TPSA) is 151 Å². The van der Waals surface area contributed by atoms with Crippen LogP contribution in [-0.4, -0.2) is 65.3 Å². The lowest BCUT2D eigenvalue weighted by Gasteiger charge is -2.52. The van der Waals surface area contributed by atoms with Crippen LogP contribution >= 0.6 is 0 Å². The number of hydrogen-bond donors (Lipinski definition) is 3. The predicted molar refractivity (Wildman–Crippen MR) is 203 cm³/mol. The fourth-order valence-electron chi connectivity index (χ4n) is 9.74. The smallest absolute Gasteiger partial charge is 0.266 e. The number of phenolic OH excluding ortho intramolecular Hbond substituents is 1. The second kappa shape index (κ2) is 15.7. The van der Waals surface area contributed by atoms with Gasteiger partial charge in [-0.15, -0.1) is 0 Å². The molecular weight excluding hydrogens is 698 g/mol. The van der Waals surface area contributed by atoms with E-state index in [1.807, 2.05) is 0 Å². The van der Waals surface area contributed by atoms with Crippen molar-refractivity contribution in [1.29, 1.82) is 0 Å². The van der Waals surface area contributed by atoms with Crippen molar-refractivity contribution < 1.29 is 38.6 Å². The number of aromatic hydroxyl groups is 1. The number of piperidine rings is 1. The van der Waals surface area contributed by atoms with Gasteiger partial charge in [-0.2, -0.15) is 0 Å². The fourth-order valence-corrected chi connectivity index (χ4v) is 9.74. The van der Waals surface area contributed by atoms with Gasteiger partial charge in [-0.3, -0.25) is 34.2 Å². The van der Waals surface area contributed by atoms with Crippen molar-refractivity contribution in [2.75, 3.05) is 19.8 Å². The summed E-state index contributed by atoms with van der Waals surface area (Å²) in [4.78, 5) is 63.6. The van der Waals surface area contributed by atoms with Crippen molar-refractivity contribution in [1.82, 2.24) is 15.5 Å². The van der Waals surface area contributed by atoms with E-state index in [2.05, 4.69) is 47.0 Å². The minimum atomic E-state index is -1.08. The number of carbonyl (C=O) groups is 5. The first-order chi connectivity index (χ1) is 26.7. The lowest BCUT2D eigenvalue weighted by molar-refractivity contribution is -0.136. The lowest BCUT2D eigenvalue weighted by atomic mass is 9.53. The molecule has 55 heavy (non-hydrogen) atoms. The van der Waals surface area contributed by atoms with E-state index < -0.39 is 29.7 Å². The molecule has 286 valence electrons. The Morgan fingerprint density at radius 1 is 0.782 bits per heavy atom. The van der Waals surface area contributed by atoms with Gasteiger partial charge in [0.2, 0.25) is 11.8 Å². The predicted octanol–water partition coefficient (Wildman–Crippen LogP) is 6.19. The fraction of sp³-hybridized carbons (Fsp3) is 0.432. The lowest BCUT2D eigenvalue weighted by Crippen LogP contribution is -2.54. The van der Waals surface area contributed by atoms with Crippen LogP contribution in [0.15, 0.2) is 72.3 Å². The highest BCUT2D eigenvalue weighted by atomic mass is 16.5. The third-order valence-corrected chi connectivity index (χ3v) is 12.1. The number of hydrogen-bond acceptors (Lipinski definition) is 8. The van der Waals surface area contributed by atoms with Crippen molar-refractivity contribution in [2.24, 2.45) is 23.7 Å². The Kier molecular flexibility index (Phi) is 10.4. The average Bonchev–Trinajstić information content (AvgIpc) is 3.43. The number of benzene rings is 3. The second-order valence-corrected chi connectivity index (χ2v) is 15.7. The summed E-state index contributed by atoms with van der Waals surface area (Å²) in [6, 6.07) is 19.6. The van der Waals surface area contributed by atoms with Gasteiger partial charge in [-0.25, -0.2) is 0 Å². The number of nitrogens with zero attached hydrogens (tertiary/aromatic N) is 1. The highest BCUT2D eigenvalue weighted by Crippen LogP contribution is 2.58. The van der Waals surface area contributed by atoms with Crippen LogP contribution in [0.3, 0.4) is 0 Å². The number of phenols is 1. The molecule has 0 aromatic heterocycles. The third kappa shape index (κ3) is 7.61. The van der Waals surface area contributed by atoms with E-state index in [1.54, 1.807) is 23.8 Å². The molecule has 5 amide bonds. The summed E-state index contributed by atoms with van der Waals surface area (Å²) in [5.41, 5.74) is 5.46. The SMILES string of the molecule is O=C(COc1cccc2c1C(=O)N(C1CCC(=O)NC1=O)C2=O)NCCCCCCOc1ccc(C(=C2C3CC4CC(C3)CC2C4)c2ccc(O)cc2)cc1. The Bertz CT molecular complexity index is 1990. The molecular formula is C44H47N3O8. The zero-order valence-electron chi connectivity index (χ0n) is 30.9. The molecule has 11 heteroatoms. The number of amides is 5. The van der Waals surface area contributed by atoms with E-state index in [9.17, 15) is 29.1 Å². The highest BCUT2D eigenvalue weighted by molar-refractivity contribution is 6.24. The van der Waals surface area contributed by atoms with Gasteiger partial charge in [0.25, 0.3) is 17.7 Å². The first-order valence-electron chi connectivity index (χ1n) is 19.7. The normalized spacial score (nSPS) is 23.8. The van der Waals surface area contributed by atoms with Crippen LogP contribution < -0.4 is 20.1 Å². The molecule has 4 bridgehead atoms. The van der Waals surface area contributed by atoms with Crippen LogP contribution in [0.4, 0.5) is 0 Å². The first kappa shape index (κ1) is 36.5. The van der Waals surface area contributed by atoms with Gasteiger partial charge in [0.1, 0.15) is 23.3 Å². The maximum Gasteiger partial charge on any atom is 0.266 e. The van der Waals surface area contributed by atoms with Crippen molar-refractivity contribution in [3.05, 3.63) is 94.6 Å². The molecule has 3 aromatic rings. The maximum atomic E-state index is 13.2. The van der Waals surface area contributed by atoms with Gasteiger partial charge in [0.05, 0.1) is 17.7 Å². The Hall–Kier alpha value is -5.45. The number of carbonyl (C=O) groups excluding carboxylic acids is 5. The van der Waals surface area contributed by atoms with Gasteiger partial charge in [-0.05, 0) is 128 Å². The summed E-state index contributed by atoms with van der Waals surface area (Å²) in [6.07, 6.45) is 10.3. The summed E-state index contributed by atoms with van der Waals surface area (Å²) in [7, 11) is 0. The molecule has 6 aliphatic rings. The monoisotopic (exact) mass is 745 g/mol. The van der Waals surface area contributed by atoms with Crippen molar-refractivity contribution >= 4 is 35.1 Å². The van der Waals surface area contributed by atoms with Crippen LogP contribution in [0, 0.1) is 23.7 Å². The number of fused-ring (bicyclic) bond motifs is 1. The number of rotatable bonds is 14. The van der Waals surface area contributed by atoms with Crippen LogP contribution in [0.2, 0.25) is 0 Å². The zero-order valence-corrected chi connectivity index (χ0v) is 30.9. The van der Waals surface area contributed by atoms with E-state index in [-0.39, 0.29) is 48.0 Å². The minimum Gasteiger partial charge on any atom is -0.508 e. The van der Waals surface area contributed by atoms with E-state index in [1.165, 1.54) is 60.9 Å². The molecule has 5 fully saturated rings. The Morgan fingerprint density at radius 3 is 2.15 bits per heavy atom. The van der Waals surface area contributed by atoms with E-state index in [0.717, 1.165) is 48.2 Å². The number of imide groups is 2. The molecule has 3 aromatic carbocycles. The molecule has 2 heterocycles. The molecule has 3 N–H and O–H groups in total. The molecule has 2 aliphatic heterocycles. The van der Waals surface area contributed by atoms with Crippen LogP contribution in [0.25, 0.3) is 5.57 Å². The molecule has 4 aliphatic carbocycles. The molecule has 0 spiro atoms. The largest absolute Gasteiger partial charge is 0.508 e. The van der Waals surface area contributed by atoms with Gasteiger partial charge < -0.3 is 19.9 Å². The van der Waals surface area contributed by atoms with Crippen molar-refractivity contribution in [3.63, 3.8) is 0 Å². The molecule has 9 rings (SSSR count). The quantitative estimate of drug-likeness (QED) is 0.131. The Labute approximate surface area is 320 Å². The minimum absolute atomic E-state index is 0.0111. The molecule has 0 radical (unpaired) electrons. The number of unbranched alkanes of at least 4 members (excludes halogenated alkanes) is 3. The van der Waals surface area contributed by atoms with Gasteiger partial charge in [-0.1, -0.05) is 48.7 Å². The van der Waals surface area contributed by atoms with E-state index >= 15 is 0 Å². The highest BCUT2D eigenvalue weighted by Gasteiger charge is 2.47. The summed E-state index contributed by atoms with van der Waals surface area (Å²) in [6.45, 7) is 0.737. The van der Waals surface area contributed by atoms with Crippen molar-refractivity contribution in [2.45, 2.75) is 76.7 Å². The Morgan fingerprint density at radius 2 is 1.45 bits per heavy atom. The summed E-state index contributed by atoms with van der Waals surface area (Å²) in [5, 5.41) is 15.0. The molecule has 1 saturated heterocycles. The van der Waals surface area contributed by atoms with Crippen LogP contribution in [0.1, 0.15) is 102 Å². The van der Waals surface area contributed by atoms with E-state index in [0.29, 0.717) is 25.0 Å². The van der Waals surface area contributed by atoms with E-state index in [4.69, 9.17) is 9.47 Å². The molecule has 11 nitrogen and oxygen atoms in total. The maximum absolute atomic E-state index is 13.2. The summed E-state index contributed by atoms with van der Waals surface area (Å²) >= 11 is 0. The Balaban J connectivity index is 0.767. The van der Waals surface area contributed by atoms with Crippen LogP contribution in [0.5, 0.6) is 17.2 Å². The summed E-state index contributed by atoms with van der Waals surface area (Å²) < 4.78 is 11.8. The first-order valence-corrected chi connectivity index (χ1v) is 19.7. The second-order valence-electron chi connectivity index (χ2n) is 15.7. The van der Waals surface area contributed by atoms with Gasteiger partial charge in [0, 0.05) is 13.0 Å². The third-order valence-electron chi connectivity index (χ3n) is 12.1.